The van der Waals surface area contributed by atoms with E-state index in [4.69, 9.17) is 0 Å². The van der Waals surface area contributed by atoms with Gasteiger partial charge >= 0.3 is 0 Å². The fourth-order valence-corrected chi connectivity index (χ4v) is 1.01. The lowest BCUT2D eigenvalue weighted by Crippen LogP contribution is -1.88. The Bertz CT molecular complexity index is 35.1. The van der Waals surface area contributed by atoms with Crippen molar-refractivity contribution in [2.75, 3.05) is 5.33 Å². The molecule has 0 aromatic carbocycles. The smallest absolute Gasteiger partial charge is 0.0117 e. The van der Waals surface area contributed by atoms with Gasteiger partial charge in [0.2, 0.25) is 0 Å². The predicted octanol–water partition coefficient (Wildman–Crippen LogP) is 2.94. The first-order valence-corrected chi connectivity index (χ1v) is 4.51. The predicted molar refractivity (Wildman–Crippen MR) is 41.4 cm³/mol. The lowest BCUT2D eigenvalue weighted by molar-refractivity contribution is 0.807. The van der Waals surface area contributed by atoms with Crippen molar-refractivity contribution >= 4 is 31.9 Å². The minimum Gasteiger partial charge on any atom is -0.0928 e. The lowest BCUT2D eigenvalue weighted by Gasteiger charge is -1.96. The fraction of sp³-hybridized carbons (Fsp3) is 1.00. The zero-order valence-corrected chi connectivity index (χ0v) is 7.63. The summed E-state index contributed by atoms with van der Waals surface area (Å²) in [4.78, 5) is 0.685. The zero-order valence-electron chi connectivity index (χ0n) is 4.45. The van der Waals surface area contributed by atoms with E-state index in [1.165, 1.54) is 12.8 Å². The van der Waals surface area contributed by atoms with Crippen molar-refractivity contribution in [1.29, 1.82) is 0 Å². The highest BCUT2D eigenvalue weighted by atomic mass is 79.9. The van der Waals surface area contributed by atoms with Crippen molar-refractivity contribution in [3.05, 3.63) is 0 Å². The van der Waals surface area contributed by atoms with Crippen molar-refractivity contribution in [1.82, 2.24) is 0 Å². The molecule has 0 spiro atoms. The third kappa shape index (κ3) is 6.96. The maximum atomic E-state index is 3.45. The van der Waals surface area contributed by atoms with E-state index in [0.29, 0.717) is 4.83 Å². The third-order valence-corrected chi connectivity index (χ3v) is 1.75. The van der Waals surface area contributed by atoms with Gasteiger partial charge in [-0.1, -0.05) is 38.8 Å². The van der Waals surface area contributed by atoms with Gasteiger partial charge in [-0.3, -0.25) is 0 Å². The molecule has 0 aliphatic rings. The van der Waals surface area contributed by atoms with Crippen molar-refractivity contribution in [3.8, 4) is 0 Å². The molecule has 0 heterocycles. The van der Waals surface area contributed by atoms with Crippen LogP contribution in [0.5, 0.6) is 0 Å². The van der Waals surface area contributed by atoms with Crippen LogP contribution in [0.25, 0.3) is 0 Å². The van der Waals surface area contributed by atoms with Crippen LogP contribution in [0.4, 0.5) is 0 Å². The minimum atomic E-state index is 0.685. The Hall–Kier alpha value is 0.960. The van der Waals surface area contributed by atoms with E-state index in [0.717, 1.165) is 5.33 Å². The first-order valence-electron chi connectivity index (χ1n) is 2.47. The van der Waals surface area contributed by atoms with E-state index < -0.39 is 0 Å². The average Bonchev–Trinajstić information content (AvgIpc) is 1.61. The van der Waals surface area contributed by atoms with Crippen LogP contribution >= 0.6 is 31.9 Å². The van der Waals surface area contributed by atoms with Crippen LogP contribution in [0.15, 0.2) is 0 Å². The molecule has 0 rings (SSSR count). The van der Waals surface area contributed by atoms with Gasteiger partial charge in [-0.2, -0.15) is 0 Å². The molecule has 0 saturated heterocycles. The summed E-state index contributed by atoms with van der Waals surface area (Å²) >= 11 is 6.81. The van der Waals surface area contributed by atoms with Crippen LogP contribution in [0.1, 0.15) is 19.8 Å². The van der Waals surface area contributed by atoms with Crippen LogP contribution in [0.2, 0.25) is 0 Å². The summed E-state index contributed by atoms with van der Waals surface area (Å²) < 4.78 is 0. The second-order valence-corrected chi connectivity index (χ2v) is 3.97. The van der Waals surface area contributed by atoms with Crippen molar-refractivity contribution in [2.45, 2.75) is 24.6 Å². The first kappa shape index (κ1) is 7.96. The van der Waals surface area contributed by atoms with E-state index in [-0.39, 0.29) is 0 Å². The Morgan fingerprint density at radius 2 is 2.14 bits per heavy atom. The highest BCUT2D eigenvalue weighted by Gasteiger charge is 1.91. The SMILES string of the molecule is CC(Br)CCCBr. The number of alkyl halides is 2. The van der Waals surface area contributed by atoms with E-state index in [9.17, 15) is 0 Å². The number of hydrogen-bond acceptors (Lipinski definition) is 0. The summed E-state index contributed by atoms with van der Waals surface area (Å²) in [5.74, 6) is 0. The van der Waals surface area contributed by atoms with Crippen molar-refractivity contribution in [2.24, 2.45) is 0 Å². The molecule has 0 aliphatic heterocycles. The van der Waals surface area contributed by atoms with Crippen LogP contribution in [-0.4, -0.2) is 10.2 Å². The third-order valence-electron chi connectivity index (χ3n) is 0.736. The molecule has 0 fully saturated rings. The summed E-state index contributed by atoms with van der Waals surface area (Å²) in [5, 5.41) is 1.13. The fourth-order valence-electron chi connectivity index (χ4n) is 0.358. The van der Waals surface area contributed by atoms with Crippen LogP contribution in [0.3, 0.4) is 0 Å². The van der Waals surface area contributed by atoms with Crippen LogP contribution in [-0.2, 0) is 0 Å². The van der Waals surface area contributed by atoms with Gasteiger partial charge in [0.25, 0.3) is 0 Å². The monoisotopic (exact) mass is 228 g/mol. The quantitative estimate of drug-likeness (QED) is 0.653. The second-order valence-electron chi connectivity index (χ2n) is 1.61. The van der Waals surface area contributed by atoms with Crippen LogP contribution in [0, 0.1) is 0 Å². The van der Waals surface area contributed by atoms with E-state index in [1.54, 1.807) is 0 Å². The second kappa shape index (κ2) is 5.10. The molecule has 2 heteroatoms. The maximum absolute atomic E-state index is 3.45. The lowest BCUT2D eigenvalue weighted by atomic mass is 10.3. The van der Waals surface area contributed by atoms with Gasteiger partial charge in [-0.25, -0.2) is 0 Å². The van der Waals surface area contributed by atoms with E-state index in [1.807, 2.05) is 0 Å². The molecule has 0 radical (unpaired) electrons. The summed E-state index contributed by atoms with van der Waals surface area (Å²) in [6, 6.07) is 0. The Morgan fingerprint density at radius 1 is 1.57 bits per heavy atom. The molecule has 44 valence electrons. The molecular weight excluding hydrogens is 220 g/mol. The van der Waals surface area contributed by atoms with E-state index in [2.05, 4.69) is 38.8 Å². The Kier molecular flexibility index (Phi) is 5.80. The van der Waals surface area contributed by atoms with Gasteiger partial charge in [0.05, 0.1) is 0 Å². The van der Waals surface area contributed by atoms with Crippen molar-refractivity contribution < 1.29 is 0 Å². The van der Waals surface area contributed by atoms with Gasteiger partial charge in [0.15, 0.2) is 0 Å². The summed E-state index contributed by atoms with van der Waals surface area (Å²) in [5.41, 5.74) is 0. The van der Waals surface area contributed by atoms with Crippen LogP contribution < -0.4 is 0 Å². The normalized spacial score (nSPS) is 14.1. The molecule has 1 atom stereocenters. The highest BCUT2D eigenvalue weighted by molar-refractivity contribution is 9.09. The first-order chi connectivity index (χ1) is 3.27. The molecular formula is C5H10Br2. The average molecular weight is 230 g/mol. The van der Waals surface area contributed by atoms with Gasteiger partial charge in [0.1, 0.15) is 0 Å². The molecule has 0 bridgehead atoms. The maximum Gasteiger partial charge on any atom is 0.0117 e. The van der Waals surface area contributed by atoms with Gasteiger partial charge in [0, 0.05) is 10.2 Å². The topological polar surface area (TPSA) is 0 Å². The molecule has 0 aromatic heterocycles. The molecule has 1 unspecified atom stereocenters. The molecule has 7 heavy (non-hydrogen) atoms. The molecule has 0 nitrogen and oxygen atoms in total. The standard InChI is InChI=1S/C5H10Br2/c1-5(7)3-2-4-6/h5H,2-4H2,1H3. The Balaban J connectivity index is 2.68. The molecule has 0 N–H and O–H groups in total. The van der Waals surface area contributed by atoms with E-state index >= 15 is 0 Å². The molecule has 0 amide bonds. The molecule has 0 aliphatic carbocycles. The Labute approximate surface area is 61.9 Å². The van der Waals surface area contributed by atoms with Gasteiger partial charge in [-0.15, -0.1) is 0 Å². The van der Waals surface area contributed by atoms with Gasteiger partial charge < -0.3 is 0 Å². The Morgan fingerprint density at radius 3 is 2.29 bits per heavy atom. The van der Waals surface area contributed by atoms with Gasteiger partial charge in [-0.05, 0) is 12.8 Å². The number of halogens is 2. The number of hydrogen-bond donors (Lipinski definition) is 0. The summed E-state index contributed by atoms with van der Waals surface area (Å²) in [6.45, 7) is 2.17. The molecule has 0 saturated carbocycles. The molecule has 0 aromatic rings. The minimum absolute atomic E-state index is 0.685. The summed E-state index contributed by atoms with van der Waals surface area (Å²) in [6.07, 6.45) is 2.54. The highest BCUT2D eigenvalue weighted by Crippen LogP contribution is 2.06. The van der Waals surface area contributed by atoms with Crippen molar-refractivity contribution in [3.63, 3.8) is 0 Å². The number of rotatable bonds is 3. The zero-order chi connectivity index (χ0) is 5.70. The largest absolute Gasteiger partial charge is 0.0928 e. The summed E-state index contributed by atoms with van der Waals surface area (Å²) in [7, 11) is 0.